The second-order valence-electron chi connectivity index (χ2n) is 3.97. The number of carbonyl (C=O) groups excluding carboxylic acids is 1. The number of aromatic nitrogens is 1. The van der Waals surface area contributed by atoms with E-state index >= 15 is 0 Å². The van der Waals surface area contributed by atoms with E-state index in [2.05, 4.69) is 4.98 Å². The van der Waals surface area contributed by atoms with Crippen LogP contribution in [0.3, 0.4) is 0 Å². The first kappa shape index (κ1) is 13.1. The Kier molecular flexibility index (Phi) is 4.83. The Morgan fingerprint density at radius 3 is 3.00 bits per heavy atom. The summed E-state index contributed by atoms with van der Waals surface area (Å²) in [7, 11) is 0. The SMILES string of the molecule is Cl.NCC1CCCCN1C(=O)c1ccc[nH]1. The summed E-state index contributed by atoms with van der Waals surface area (Å²) in [4.78, 5) is 16.9. The second-order valence-corrected chi connectivity index (χ2v) is 3.97. The number of halogens is 1. The van der Waals surface area contributed by atoms with Crippen LogP contribution < -0.4 is 5.73 Å². The van der Waals surface area contributed by atoms with Gasteiger partial charge < -0.3 is 15.6 Å². The third-order valence-corrected chi connectivity index (χ3v) is 2.99. The van der Waals surface area contributed by atoms with Gasteiger partial charge in [0.1, 0.15) is 5.69 Å². The third-order valence-electron chi connectivity index (χ3n) is 2.99. The lowest BCUT2D eigenvalue weighted by atomic mass is 10.0. The Labute approximate surface area is 102 Å². The molecule has 1 atom stereocenters. The standard InChI is InChI=1S/C11H17N3O.ClH/c12-8-9-4-1-2-7-14(9)11(15)10-5-3-6-13-10;/h3,5-6,9,13H,1-2,4,7-8,12H2;1H. The van der Waals surface area contributed by atoms with Crippen LogP contribution in [0.2, 0.25) is 0 Å². The first-order valence-electron chi connectivity index (χ1n) is 5.47. The van der Waals surface area contributed by atoms with Crippen molar-refractivity contribution in [3.63, 3.8) is 0 Å². The van der Waals surface area contributed by atoms with Crippen molar-refractivity contribution < 1.29 is 4.79 Å². The van der Waals surface area contributed by atoms with Crippen LogP contribution in [-0.2, 0) is 0 Å². The number of nitrogens with two attached hydrogens (primary N) is 1. The van der Waals surface area contributed by atoms with Gasteiger partial charge in [0.2, 0.25) is 0 Å². The Morgan fingerprint density at radius 2 is 2.38 bits per heavy atom. The Morgan fingerprint density at radius 1 is 1.56 bits per heavy atom. The predicted molar refractivity (Wildman–Crippen MR) is 65.8 cm³/mol. The molecule has 1 fully saturated rings. The van der Waals surface area contributed by atoms with Crippen molar-refractivity contribution in [2.75, 3.05) is 13.1 Å². The largest absolute Gasteiger partial charge is 0.357 e. The summed E-state index contributed by atoms with van der Waals surface area (Å²) in [6, 6.07) is 3.87. The van der Waals surface area contributed by atoms with Gasteiger partial charge >= 0.3 is 0 Å². The molecule has 1 aromatic heterocycles. The van der Waals surface area contributed by atoms with Crippen molar-refractivity contribution in [3.8, 4) is 0 Å². The van der Waals surface area contributed by atoms with E-state index in [1.807, 2.05) is 17.0 Å². The summed E-state index contributed by atoms with van der Waals surface area (Å²) in [5, 5.41) is 0. The van der Waals surface area contributed by atoms with Crippen molar-refractivity contribution in [1.82, 2.24) is 9.88 Å². The molecule has 16 heavy (non-hydrogen) atoms. The Bertz CT molecular complexity index is 326. The summed E-state index contributed by atoms with van der Waals surface area (Å²) in [5.74, 6) is 0.0788. The molecular formula is C11H18ClN3O. The maximum absolute atomic E-state index is 12.1. The van der Waals surface area contributed by atoms with Gasteiger partial charge in [-0.3, -0.25) is 4.79 Å². The van der Waals surface area contributed by atoms with Crippen molar-refractivity contribution >= 4 is 18.3 Å². The van der Waals surface area contributed by atoms with Gasteiger partial charge in [-0.25, -0.2) is 0 Å². The molecule has 0 bridgehead atoms. The first-order chi connectivity index (χ1) is 7.33. The van der Waals surface area contributed by atoms with Crippen LogP contribution in [0, 0.1) is 0 Å². The summed E-state index contributed by atoms with van der Waals surface area (Å²) in [6.45, 7) is 1.40. The number of nitrogens with one attached hydrogen (secondary N) is 1. The fourth-order valence-electron chi connectivity index (χ4n) is 2.13. The second kappa shape index (κ2) is 5.92. The van der Waals surface area contributed by atoms with Gasteiger partial charge in [-0.05, 0) is 31.4 Å². The van der Waals surface area contributed by atoms with Crippen LogP contribution in [0.25, 0.3) is 0 Å². The molecule has 3 N–H and O–H groups in total. The Balaban J connectivity index is 0.00000128. The van der Waals surface area contributed by atoms with Gasteiger partial charge in [-0.15, -0.1) is 12.4 Å². The molecule has 2 rings (SSSR count). The summed E-state index contributed by atoms with van der Waals surface area (Å²) < 4.78 is 0. The van der Waals surface area contributed by atoms with E-state index in [-0.39, 0.29) is 24.4 Å². The van der Waals surface area contributed by atoms with Crippen LogP contribution in [0.5, 0.6) is 0 Å². The molecule has 4 nitrogen and oxygen atoms in total. The van der Waals surface area contributed by atoms with Crippen molar-refractivity contribution in [2.24, 2.45) is 5.73 Å². The zero-order valence-corrected chi connectivity index (χ0v) is 10.0. The highest BCUT2D eigenvalue weighted by Gasteiger charge is 2.26. The number of carbonyl (C=O) groups is 1. The highest BCUT2D eigenvalue weighted by Crippen LogP contribution is 2.18. The first-order valence-corrected chi connectivity index (χ1v) is 5.47. The van der Waals surface area contributed by atoms with Crippen LogP contribution in [0.15, 0.2) is 18.3 Å². The number of amides is 1. The van der Waals surface area contributed by atoms with E-state index in [4.69, 9.17) is 5.73 Å². The average molecular weight is 244 g/mol. The van der Waals surface area contributed by atoms with E-state index < -0.39 is 0 Å². The molecule has 1 amide bonds. The normalized spacial score (nSPS) is 20.3. The van der Waals surface area contributed by atoms with E-state index in [1.165, 1.54) is 6.42 Å². The molecule has 0 radical (unpaired) electrons. The number of hydrogen-bond donors (Lipinski definition) is 2. The van der Waals surface area contributed by atoms with Crippen LogP contribution in [0.4, 0.5) is 0 Å². The zero-order valence-electron chi connectivity index (χ0n) is 9.19. The number of likely N-dealkylation sites (tertiary alicyclic amines) is 1. The molecular weight excluding hydrogens is 226 g/mol. The third kappa shape index (κ3) is 2.57. The molecule has 1 aliphatic heterocycles. The van der Waals surface area contributed by atoms with E-state index in [9.17, 15) is 4.79 Å². The molecule has 1 unspecified atom stereocenters. The number of hydrogen-bond acceptors (Lipinski definition) is 2. The van der Waals surface area contributed by atoms with Gasteiger partial charge in [0.05, 0.1) is 0 Å². The van der Waals surface area contributed by atoms with Crippen LogP contribution in [-0.4, -0.2) is 34.9 Å². The van der Waals surface area contributed by atoms with Crippen molar-refractivity contribution in [2.45, 2.75) is 25.3 Å². The molecule has 0 spiro atoms. The molecule has 1 aromatic rings. The topological polar surface area (TPSA) is 62.1 Å². The fourth-order valence-corrected chi connectivity index (χ4v) is 2.13. The molecule has 0 aliphatic carbocycles. The van der Waals surface area contributed by atoms with Crippen molar-refractivity contribution in [3.05, 3.63) is 24.0 Å². The average Bonchev–Trinajstić information content (AvgIpc) is 2.81. The fraction of sp³-hybridized carbons (Fsp3) is 0.545. The highest BCUT2D eigenvalue weighted by atomic mass is 35.5. The lowest BCUT2D eigenvalue weighted by Crippen LogP contribution is -2.47. The van der Waals surface area contributed by atoms with Gasteiger partial charge in [0.15, 0.2) is 0 Å². The smallest absolute Gasteiger partial charge is 0.270 e. The maximum atomic E-state index is 12.1. The minimum Gasteiger partial charge on any atom is -0.357 e. The van der Waals surface area contributed by atoms with Crippen molar-refractivity contribution in [1.29, 1.82) is 0 Å². The minimum absolute atomic E-state index is 0. The molecule has 90 valence electrons. The van der Waals surface area contributed by atoms with E-state index in [0.29, 0.717) is 12.2 Å². The zero-order chi connectivity index (χ0) is 10.7. The van der Waals surface area contributed by atoms with Crippen LogP contribution in [0.1, 0.15) is 29.8 Å². The Hall–Kier alpha value is -1.00. The highest BCUT2D eigenvalue weighted by molar-refractivity contribution is 5.92. The van der Waals surface area contributed by atoms with E-state index in [0.717, 1.165) is 19.4 Å². The molecule has 0 saturated carbocycles. The van der Waals surface area contributed by atoms with Crippen LogP contribution >= 0.6 is 12.4 Å². The van der Waals surface area contributed by atoms with E-state index in [1.54, 1.807) is 6.20 Å². The quantitative estimate of drug-likeness (QED) is 0.825. The summed E-state index contributed by atoms with van der Waals surface area (Å²) in [5.41, 5.74) is 6.34. The molecule has 5 heteroatoms. The molecule has 1 aliphatic rings. The number of aromatic amines is 1. The van der Waals surface area contributed by atoms with Gasteiger partial charge in [-0.1, -0.05) is 0 Å². The lowest BCUT2D eigenvalue weighted by molar-refractivity contribution is 0.0618. The molecule has 0 aromatic carbocycles. The number of piperidine rings is 1. The predicted octanol–water partition coefficient (Wildman–Crippen LogP) is 1.39. The van der Waals surface area contributed by atoms with Gasteiger partial charge in [-0.2, -0.15) is 0 Å². The summed E-state index contributed by atoms with van der Waals surface area (Å²) >= 11 is 0. The number of nitrogens with zero attached hydrogens (tertiary/aromatic N) is 1. The minimum atomic E-state index is 0. The molecule has 2 heterocycles. The van der Waals surface area contributed by atoms with Gasteiger partial charge in [0, 0.05) is 25.3 Å². The maximum Gasteiger partial charge on any atom is 0.270 e. The number of H-pyrrole nitrogens is 1. The van der Waals surface area contributed by atoms with Gasteiger partial charge in [0.25, 0.3) is 5.91 Å². The number of rotatable bonds is 2. The molecule has 1 saturated heterocycles. The monoisotopic (exact) mass is 243 g/mol. The summed E-state index contributed by atoms with van der Waals surface area (Å²) in [6.07, 6.45) is 5.07. The lowest BCUT2D eigenvalue weighted by Gasteiger charge is -2.34.